The molecule has 1 heterocycles. The maximum atomic E-state index is 12.3. The van der Waals surface area contributed by atoms with Crippen molar-refractivity contribution in [1.29, 1.82) is 0 Å². The lowest BCUT2D eigenvalue weighted by atomic mass is 10.1. The molecule has 2 rings (SSSR count). The highest BCUT2D eigenvalue weighted by Gasteiger charge is 2.13. The van der Waals surface area contributed by atoms with E-state index in [2.05, 4.69) is 15.8 Å². The molecule has 24 heavy (non-hydrogen) atoms. The van der Waals surface area contributed by atoms with E-state index in [9.17, 15) is 9.59 Å². The summed E-state index contributed by atoms with van der Waals surface area (Å²) in [7, 11) is 0. The molecule has 0 saturated heterocycles. The summed E-state index contributed by atoms with van der Waals surface area (Å²) in [4.78, 5) is 27.9. The Hall–Kier alpha value is -2.67. The molecule has 0 atom stereocenters. The zero-order valence-electron chi connectivity index (χ0n) is 13.8. The van der Waals surface area contributed by atoms with Crippen molar-refractivity contribution in [2.45, 2.75) is 20.8 Å². The van der Waals surface area contributed by atoms with Crippen molar-refractivity contribution < 1.29 is 14.3 Å². The topological polar surface area (TPSA) is 80.3 Å². The van der Waals surface area contributed by atoms with Gasteiger partial charge in [-0.1, -0.05) is 29.5 Å². The predicted molar refractivity (Wildman–Crippen MR) is 95.3 cm³/mol. The molecule has 0 unspecified atom stereocenters. The van der Waals surface area contributed by atoms with Gasteiger partial charge in [0.2, 0.25) is 11.0 Å². The fourth-order valence-corrected chi connectivity index (χ4v) is 2.75. The normalized spacial score (nSPS) is 10.6. The van der Waals surface area contributed by atoms with Crippen LogP contribution in [0.4, 0.5) is 5.13 Å². The van der Waals surface area contributed by atoms with E-state index in [0.717, 1.165) is 11.3 Å². The monoisotopic (exact) mass is 345 g/mol. The highest BCUT2D eigenvalue weighted by Crippen LogP contribution is 2.23. The molecular weight excluding hydrogens is 326 g/mol. The van der Waals surface area contributed by atoms with E-state index in [1.807, 2.05) is 31.2 Å². The first-order chi connectivity index (χ1) is 11.5. The van der Waals surface area contributed by atoms with E-state index in [4.69, 9.17) is 4.74 Å². The van der Waals surface area contributed by atoms with Gasteiger partial charge in [-0.15, -0.1) is 0 Å². The Kier molecular flexibility index (Phi) is 6.08. The maximum Gasteiger partial charge on any atom is 0.235 e. The molecule has 0 spiro atoms. The average molecular weight is 345 g/mol. The molecule has 0 aliphatic rings. The highest BCUT2D eigenvalue weighted by molar-refractivity contribution is 7.17. The Bertz CT molecular complexity index is 751. The molecule has 0 aliphatic heterocycles. The van der Waals surface area contributed by atoms with Gasteiger partial charge >= 0.3 is 0 Å². The smallest absolute Gasteiger partial charge is 0.235 e. The number of hydrogen-bond donors (Lipinski definition) is 2. The summed E-state index contributed by atoms with van der Waals surface area (Å²) in [5, 5.41) is 0.473. The van der Waals surface area contributed by atoms with Gasteiger partial charge in [0.15, 0.2) is 5.78 Å². The van der Waals surface area contributed by atoms with Crippen molar-refractivity contribution >= 4 is 34.2 Å². The van der Waals surface area contributed by atoms with Gasteiger partial charge in [0, 0.05) is 6.92 Å². The Morgan fingerprint density at radius 2 is 2.00 bits per heavy atom. The third-order valence-corrected chi connectivity index (χ3v) is 4.07. The lowest BCUT2D eigenvalue weighted by Crippen LogP contribution is -2.26. The van der Waals surface area contributed by atoms with Gasteiger partial charge in [-0.2, -0.15) is 0 Å². The average Bonchev–Trinajstić information content (AvgIpc) is 2.93. The maximum absolute atomic E-state index is 12.3. The number of thiazole rings is 1. The van der Waals surface area contributed by atoms with E-state index >= 15 is 0 Å². The van der Waals surface area contributed by atoms with E-state index in [0.29, 0.717) is 22.3 Å². The summed E-state index contributed by atoms with van der Waals surface area (Å²) in [5.74, 6) is 0.439. The number of hydrazine groups is 1. The molecule has 1 aromatic heterocycles. The summed E-state index contributed by atoms with van der Waals surface area (Å²) < 4.78 is 5.38. The molecule has 0 bridgehead atoms. The Labute approximate surface area is 144 Å². The minimum absolute atomic E-state index is 0.130. The molecule has 1 aromatic carbocycles. The molecule has 2 aromatic rings. The Balaban J connectivity index is 2.04. The largest absolute Gasteiger partial charge is 0.494 e. The van der Waals surface area contributed by atoms with Crippen LogP contribution in [0.3, 0.4) is 0 Å². The first-order valence-electron chi connectivity index (χ1n) is 7.45. The van der Waals surface area contributed by atoms with Gasteiger partial charge in [-0.25, -0.2) is 4.98 Å². The number of aryl methyl sites for hydroxylation is 1. The van der Waals surface area contributed by atoms with E-state index in [1.165, 1.54) is 24.3 Å². The summed E-state index contributed by atoms with van der Waals surface area (Å²) in [6.45, 7) is 5.69. The van der Waals surface area contributed by atoms with Crippen LogP contribution in [0.2, 0.25) is 0 Å². The van der Waals surface area contributed by atoms with Crippen molar-refractivity contribution in [3.63, 3.8) is 0 Å². The molecule has 0 fully saturated rings. The van der Waals surface area contributed by atoms with Gasteiger partial charge in [0.1, 0.15) is 5.75 Å². The number of anilines is 1. The van der Waals surface area contributed by atoms with Crippen LogP contribution in [0.15, 0.2) is 30.3 Å². The fourth-order valence-electron chi connectivity index (χ4n) is 1.91. The summed E-state index contributed by atoms with van der Waals surface area (Å²) in [5.41, 5.74) is 6.63. The van der Waals surface area contributed by atoms with Crippen molar-refractivity contribution in [1.82, 2.24) is 10.4 Å². The molecule has 7 heteroatoms. The third kappa shape index (κ3) is 4.92. The summed E-state index contributed by atoms with van der Waals surface area (Å²) in [6, 6.07) is 7.50. The second-order valence-corrected chi connectivity index (χ2v) is 5.94. The molecule has 126 valence electrons. The molecule has 0 radical (unpaired) electrons. The first kappa shape index (κ1) is 17.7. The number of carbonyl (C=O) groups is 2. The van der Waals surface area contributed by atoms with Crippen molar-refractivity contribution in [2.24, 2.45) is 0 Å². The molecule has 0 aliphatic carbocycles. The number of rotatable bonds is 7. The molecule has 0 saturated carbocycles. The number of nitrogens with zero attached hydrogens (tertiary/aromatic N) is 1. The molecule has 1 amide bonds. The quantitative estimate of drug-likeness (QED) is 0.457. The van der Waals surface area contributed by atoms with Gasteiger partial charge in [-0.05, 0) is 37.6 Å². The number of ketones is 1. The second-order valence-electron chi connectivity index (χ2n) is 4.94. The standard InChI is InChI=1S/C17H19N3O3S/c1-4-23-14-8-5-13(6-9-14)7-10-15(22)16-11(2)18-17(24-16)20-19-12(3)21/h5-10H,4H2,1-3H3,(H,18,20)(H,19,21)/b10-7+. The number of hydrogen-bond acceptors (Lipinski definition) is 6. The summed E-state index contributed by atoms with van der Waals surface area (Å²) >= 11 is 1.20. The first-order valence-corrected chi connectivity index (χ1v) is 8.26. The van der Waals surface area contributed by atoms with Crippen LogP contribution < -0.4 is 15.6 Å². The molecule has 6 nitrogen and oxygen atoms in total. The molecular formula is C17H19N3O3S. The number of nitrogens with one attached hydrogen (secondary N) is 2. The van der Waals surface area contributed by atoms with Crippen LogP contribution in [0.1, 0.15) is 34.8 Å². The summed E-state index contributed by atoms with van der Waals surface area (Å²) in [6.07, 6.45) is 3.26. The van der Waals surface area contributed by atoms with Crippen LogP contribution in [0.25, 0.3) is 6.08 Å². The van der Waals surface area contributed by atoms with Gasteiger partial charge < -0.3 is 4.74 Å². The van der Waals surface area contributed by atoms with Gasteiger partial charge in [0.05, 0.1) is 17.2 Å². The molecule has 2 N–H and O–H groups in total. The number of carbonyl (C=O) groups excluding carboxylic acids is 2. The van der Waals surface area contributed by atoms with E-state index in [-0.39, 0.29) is 11.7 Å². The van der Waals surface area contributed by atoms with Crippen molar-refractivity contribution in [2.75, 3.05) is 12.0 Å². The van der Waals surface area contributed by atoms with Crippen LogP contribution in [0, 0.1) is 6.92 Å². The highest BCUT2D eigenvalue weighted by atomic mass is 32.1. The number of aromatic nitrogens is 1. The second kappa shape index (κ2) is 8.26. The van der Waals surface area contributed by atoms with Crippen molar-refractivity contribution in [3.05, 3.63) is 46.5 Å². The van der Waals surface area contributed by atoms with E-state index in [1.54, 1.807) is 13.0 Å². The zero-order chi connectivity index (χ0) is 17.5. The number of amides is 1. The van der Waals surface area contributed by atoms with Crippen LogP contribution in [0.5, 0.6) is 5.75 Å². The van der Waals surface area contributed by atoms with E-state index < -0.39 is 0 Å². The van der Waals surface area contributed by atoms with Crippen LogP contribution >= 0.6 is 11.3 Å². The number of ether oxygens (including phenoxy) is 1. The minimum Gasteiger partial charge on any atom is -0.494 e. The zero-order valence-corrected chi connectivity index (χ0v) is 14.6. The fraction of sp³-hybridized carbons (Fsp3) is 0.235. The SMILES string of the molecule is CCOc1ccc(/C=C/C(=O)c2sc(NNC(C)=O)nc2C)cc1. The van der Waals surface area contributed by atoms with Gasteiger partial charge in [-0.3, -0.25) is 20.4 Å². The number of allylic oxidation sites excluding steroid dienone is 1. The lowest BCUT2D eigenvalue weighted by molar-refractivity contribution is -0.118. The van der Waals surface area contributed by atoms with Crippen molar-refractivity contribution in [3.8, 4) is 5.75 Å². The minimum atomic E-state index is -0.230. The van der Waals surface area contributed by atoms with Crippen LogP contribution in [-0.2, 0) is 4.79 Å². The number of benzene rings is 1. The van der Waals surface area contributed by atoms with Crippen LogP contribution in [-0.4, -0.2) is 23.3 Å². The lowest BCUT2D eigenvalue weighted by Gasteiger charge is -2.02. The predicted octanol–water partition coefficient (Wildman–Crippen LogP) is 3.21. The Morgan fingerprint density at radius 1 is 1.29 bits per heavy atom. The van der Waals surface area contributed by atoms with Gasteiger partial charge in [0.25, 0.3) is 0 Å². The Morgan fingerprint density at radius 3 is 2.62 bits per heavy atom. The third-order valence-electron chi connectivity index (χ3n) is 2.98.